The van der Waals surface area contributed by atoms with Crippen molar-refractivity contribution >= 4 is 40.3 Å². The highest BCUT2D eigenvalue weighted by atomic mass is 32.2. The fourth-order valence-corrected chi connectivity index (χ4v) is 5.18. The van der Waals surface area contributed by atoms with E-state index in [4.69, 9.17) is 9.98 Å². The third-order valence-corrected chi connectivity index (χ3v) is 7.40. The van der Waals surface area contributed by atoms with Gasteiger partial charge in [0.2, 0.25) is 5.91 Å². The van der Waals surface area contributed by atoms with E-state index in [1.165, 1.54) is 17.3 Å². The van der Waals surface area contributed by atoms with Crippen LogP contribution in [0.15, 0.2) is 88.8 Å². The standard InChI is InChI=1S/C28H26N4O2S/c1-3-23(26(33)29-17-19-15-13-18(2)14-16-19)35-28-30-22-12-8-7-11-21(22)25-31-24(27(34)32(25)28)20-9-5-4-6-10-20/h4-16,23-24H,3,17H2,1-2H3,(H,29,33)/t23-,24-/m0/s1. The van der Waals surface area contributed by atoms with E-state index in [0.29, 0.717) is 24.0 Å². The molecule has 2 amide bonds. The Morgan fingerprint density at radius 3 is 2.49 bits per heavy atom. The lowest BCUT2D eigenvalue weighted by Crippen LogP contribution is -2.42. The quantitative estimate of drug-likeness (QED) is 0.528. The van der Waals surface area contributed by atoms with Crippen LogP contribution in [-0.2, 0) is 16.1 Å². The number of aryl methyl sites for hydroxylation is 1. The van der Waals surface area contributed by atoms with E-state index in [2.05, 4.69) is 5.32 Å². The number of hydrogen-bond acceptors (Lipinski definition) is 5. The molecule has 0 saturated heterocycles. The third kappa shape index (κ3) is 4.64. The average Bonchev–Trinajstić information content (AvgIpc) is 3.25. The SMILES string of the molecule is CC[C@H](SC1=Nc2ccccc2C2=N[C@@H](c3ccccc3)C(=O)N12)C(=O)NCc1ccc(C)cc1. The molecule has 0 aromatic heterocycles. The van der Waals surface area contributed by atoms with E-state index in [1.807, 2.05) is 92.7 Å². The van der Waals surface area contributed by atoms with Crippen LogP contribution in [-0.4, -0.2) is 33.0 Å². The highest BCUT2D eigenvalue weighted by molar-refractivity contribution is 8.15. The van der Waals surface area contributed by atoms with Crippen molar-refractivity contribution in [1.82, 2.24) is 10.2 Å². The van der Waals surface area contributed by atoms with Crippen LogP contribution in [0.4, 0.5) is 5.69 Å². The van der Waals surface area contributed by atoms with Crippen molar-refractivity contribution in [3.63, 3.8) is 0 Å². The molecule has 6 nitrogen and oxygen atoms in total. The fraction of sp³-hybridized carbons (Fsp3) is 0.214. The summed E-state index contributed by atoms with van der Waals surface area (Å²) >= 11 is 1.31. The van der Waals surface area contributed by atoms with Crippen molar-refractivity contribution in [2.75, 3.05) is 0 Å². The predicted octanol–water partition coefficient (Wildman–Crippen LogP) is 5.15. The zero-order valence-corrected chi connectivity index (χ0v) is 20.5. The Kier molecular flexibility index (Phi) is 6.51. The number of para-hydroxylation sites is 1. The van der Waals surface area contributed by atoms with Gasteiger partial charge in [-0.15, -0.1) is 0 Å². The van der Waals surface area contributed by atoms with E-state index in [-0.39, 0.29) is 11.8 Å². The molecule has 0 spiro atoms. The van der Waals surface area contributed by atoms with Gasteiger partial charge in [0.25, 0.3) is 5.91 Å². The molecule has 176 valence electrons. The Morgan fingerprint density at radius 1 is 1.03 bits per heavy atom. The van der Waals surface area contributed by atoms with Gasteiger partial charge in [-0.2, -0.15) is 0 Å². The maximum absolute atomic E-state index is 13.6. The third-order valence-electron chi connectivity index (χ3n) is 6.08. The van der Waals surface area contributed by atoms with E-state index in [0.717, 1.165) is 22.4 Å². The number of fused-ring (bicyclic) bond motifs is 3. The molecule has 0 radical (unpaired) electrons. The molecular weight excluding hydrogens is 456 g/mol. The Morgan fingerprint density at radius 2 is 1.74 bits per heavy atom. The van der Waals surface area contributed by atoms with Crippen LogP contribution in [0.2, 0.25) is 0 Å². The topological polar surface area (TPSA) is 74.1 Å². The first-order chi connectivity index (χ1) is 17.0. The summed E-state index contributed by atoms with van der Waals surface area (Å²) in [5.74, 6) is 0.359. The van der Waals surface area contributed by atoms with Crippen LogP contribution in [0, 0.1) is 6.92 Å². The van der Waals surface area contributed by atoms with Gasteiger partial charge in [0, 0.05) is 12.1 Å². The number of rotatable bonds is 6. The summed E-state index contributed by atoms with van der Waals surface area (Å²) in [6, 6.07) is 24.7. The number of amides is 2. The number of aliphatic imine (C=N–C) groups is 2. The van der Waals surface area contributed by atoms with E-state index in [9.17, 15) is 9.59 Å². The van der Waals surface area contributed by atoms with E-state index >= 15 is 0 Å². The molecule has 2 atom stereocenters. The van der Waals surface area contributed by atoms with Gasteiger partial charge in [0.05, 0.1) is 10.9 Å². The lowest BCUT2D eigenvalue weighted by molar-refractivity contribution is -0.125. The molecule has 3 aromatic rings. The van der Waals surface area contributed by atoms with Gasteiger partial charge >= 0.3 is 0 Å². The number of nitrogens with one attached hydrogen (secondary N) is 1. The second-order valence-corrected chi connectivity index (χ2v) is 9.74. The van der Waals surface area contributed by atoms with Crippen molar-refractivity contribution in [1.29, 1.82) is 0 Å². The van der Waals surface area contributed by atoms with Crippen LogP contribution < -0.4 is 5.32 Å². The molecule has 0 fully saturated rings. The number of nitrogens with zero attached hydrogens (tertiary/aromatic N) is 3. The molecule has 0 unspecified atom stereocenters. The molecule has 0 bridgehead atoms. The second kappa shape index (κ2) is 9.88. The van der Waals surface area contributed by atoms with E-state index in [1.54, 1.807) is 4.90 Å². The molecular formula is C28H26N4O2S. The molecule has 1 N–H and O–H groups in total. The van der Waals surface area contributed by atoms with E-state index < -0.39 is 11.3 Å². The lowest BCUT2D eigenvalue weighted by atomic mass is 10.1. The molecule has 0 saturated carbocycles. The first-order valence-electron chi connectivity index (χ1n) is 11.7. The number of hydrogen-bond donors (Lipinski definition) is 1. The summed E-state index contributed by atoms with van der Waals surface area (Å²) in [6.45, 7) is 4.46. The van der Waals surface area contributed by atoms with Crippen LogP contribution in [0.1, 0.15) is 41.6 Å². The summed E-state index contributed by atoms with van der Waals surface area (Å²) in [7, 11) is 0. The molecule has 5 rings (SSSR count). The maximum Gasteiger partial charge on any atom is 0.263 e. The van der Waals surface area contributed by atoms with Gasteiger partial charge in [-0.05, 0) is 36.6 Å². The van der Waals surface area contributed by atoms with Crippen LogP contribution in [0.3, 0.4) is 0 Å². The van der Waals surface area contributed by atoms with Crippen molar-refractivity contribution in [2.45, 2.75) is 38.1 Å². The zero-order chi connectivity index (χ0) is 24.4. The van der Waals surface area contributed by atoms with Crippen molar-refractivity contribution < 1.29 is 9.59 Å². The Labute approximate surface area is 209 Å². The Bertz CT molecular complexity index is 1320. The zero-order valence-electron chi connectivity index (χ0n) is 19.6. The van der Waals surface area contributed by atoms with Gasteiger partial charge in [0.1, 0.15) is 5.84 Å². The molecule has 7 heteroatoms. The lowest BCUT2D eigenvalue weighted by Gasteiger charge is -2.27. The Balaban J connectivity index is 1.40. The summed E-state index contributed by atoms with van der Waals surface area (Å²) in [4.78, 5) is 37.8. The summed E-state index contributed by atoms with van der Waals surface area (Å²) in [5.41, 5.74) is 4.63. The smallest absolute Gasteiger partial charge is 0.263 e. The first kappa shape index (κ1) is 23.1. The van der Waals surface area contributed by atoms with Gasteiger partial charge in [-0.3, -0.25) is 9.59 Å². The monoisotopic (exact) mass is 482 g/mol. The number of carbonyl (C=O) groups excluding carboxylic acids is 2. The summed E-state index contributed by atoms with van der Waals surface area (Å²) in [5, 5.41) is 3.13. The van der Waals surface area contributed by atoms with Crippen molar-refractivity contribution in [3.8, 4) is 0 Å². The van der Waals surface area contributed by atoms with Crippen LogP contribution in [0.25, 0.3) is 0 Å². The van der Waals surface area contributed by atoms with Crippen LogP contribution in [0.5, 0.6) is 0 Å². The minimum atomic E-state index is -0.626. The fourth-order valence-electron chi connectivity index (χ4n) is 4.14. The second-order valence-electron chi connectivity index (χ2n) is 8.57. The summed E-state index contributed by atoms with van der Waals surface area (Å²) < 4.78 is 0. The summed E-state index contributed by atoms with van der Waals surface area (Å²) in [6.07, 6.45) is 0.599. The van der Waals surface area contributed by atoms with Gasteiger partial charge in [0.15, 0.2) is 11.2 Å². The molecule has 2 aliphatic rings. The van der Waals surface area contributed by atoms with Crippen molar-refractivity contribution in [2.24, 2.45) is 9.98 Å². The number of amidine groups is 2. The van der Waals surface area contributed by atoms with Crippen molar-refractivity contribution in [3.05, 3.63) is 101 Å². The number of thioether (sulfide) groups is 1. The molecule has 3 aromatic carbocycles. The Hall–Kier alpha value is -3.71. The minimum Gasteiger partial charge on any atom is -0.351 e. The van der Waals surface area contributed by atoms with Crippen LogP contribution >= 0.6 is 11.8 Å². The number of benzene rings is 3. The van der Waals surface area contributed by atoms with Gasteiger partial charge < -0.3 is 5.32 Å². The minimum absolute atomic E-state index is 0.0793. The normalized spacial score (nSPS) is 17.3. The maximum atomic E-state index is 13.6. The molecule has 35 heavy (non-hydrogen) atoms. The molecule has 2 heterocycles. The molecule has 2 aliphatic heterocycles. The predicted molar refractivity (Wildman–Crippen MR) is 141 cm³/mol. The first-order valence-corrected chi connectivity index (χ1v) is 12.6. The highest BCUT2D eigenvalue weighted by Crippen LogP contribution is 2.38. The van der Waals surface area contributed by atoms with Gasteiger partial charge in [-0.25, -0.2) is 14.9 Å². The highest BCUT2D eigenvalue weighted by Gasteiger charge is 2.43. The van der Waals surface area contributed by atoms with Gasteiger partial charge in [-0.1, -0.05) is 91.0 Å². The molecule has 0 aliphatic carbocycles. The largest absolute Gasteiger partial charge is 0.351 e. The number of carbonyl (C=O) groups is 2. The average molecular weight is 483 g/mol.